The number of carboxylic acid groups (broad SMARTS) is 2. The lowest BCUT2D eigenvalue weighted by molar-refractivity contribution is -0.208. The highest BCUT2D eigenvalue weighted by atomic mass is 17.2. The Kier molecular flexibility index (Phi) is 9.68. The Morgan fingerprint density at radius 3 is 1.18 bits per heavy atom. The van der Waals surface area contributed by atoms with Crippen LogP contribution in [0.5, 0.6) is 0 Å². The molecule has 0 bridgehead atoms. The van der Waals surface area contributed by atoms with Gasteiger partial charge in [-0.25, -0.2) is 29.0 Å². The third-order valence-corrected chi connectivity index (χ3v) is 3.97. The Balaban J connectivity index is 0.000000582. The summed E-state index contributed by atoms with van der Waals surface area (Å²) in [6.45, 7) is 6.84. The summed E-state index contributed by atoms with van der Waals surface area (Å²) in [5.41, 5.74) is -0.309. The van der Waals surface area contributed by atoms with E-state index in [0.717, 1.165) is 11.1 Å². The van der Waals surface area contributed by atoms with Crippen LogP contribution in [0.25, 0.3) is 0 Å². The number of hydrogen-bond acceptors (Lipinski definition) is 9. The van der Waals surface area contributed by atoms with E-state index >= 15 is 0 Å². The van der Waals surface area contributed by atoms with Gasteiger partial charge >= 0.3 is 24.6 Å². The predicted octanol–water partition coefficient (Wildman–Crippen LogP) is 5.44. The molecule has 11 nitrogen and oxygen atoms in total. The number of rotatable bonds is 4. The van der Waals surface area contributed by atoms with Gasteiger partial charge in [0.15, 0.2) is 0 Å². The van der Waals surface area contributed by atoms with E-state index in [1.54, 1.807) is 27.7 Å². The molecule has 0 aromatic heterocycles. The summed E-state index contributed by atoms with van der Waals surface area (Å²) in [5.74, 6) is 0. The van der Waals surface area contributed by atoms with Crippen LogP contribution in [0, 0.1) is 0 Å². The van der Waals surface area contributed by atoms with Crippen LogP contribution in [0.15, 0.2) is 60.7 Å². The SMILES string of the molecule is CC(C)(OC(=O)OC(=O)OC(C)(C)c1ccccc1)c1ccccc1.O=C(O)OOC(=O)O. The summed E-state index contributed by atoms with van der Waals surface area (Å²) in [6.07, 6.45) is -5.81. The van der Waals surface area contributed by atoms with Crippen LogP contribution in [0.3, 0.4) is 0 Å². The van der Waals surface area contributed by atoms with E-state index in [9.17, 15) is 19.2 Å². The highest BCUT2D eigenvalue weighted by Crippen LogP contribution is 2.27. The van der Waals surface area contributed by atoms with Gasteiger partial charge in [0, 0.05) is 0 Å². The van der Waals surface area contributed by atoms with E-state index in [0.29, 0.717) is 0 Å². The smallest absolute Gasteiger partial charge is 0.447 e. The molecule has 0 saturated heterocycles. The first-order valence-electron chi connectivity index (χ1n) is 9.38. The Bertz CT molecular complexity index is 860. The van der Waals surface area contributed by atoms with Crippen molar-refractivity contribution in [3.05, 3.63) is 71.8 Å². The van der Waals surface area contributed by atoms with Gasteiger partial charge in [-0.2, -0.15) is 0 Å². The van der Waals surface area contributed by atoms with Gasteiger partial charge in [-0.15, -0.1) is 0 Å². The molecular formula is C22H24O11. The van der Waals surface area contributed by atoms with Crippen molar-refractivity contribution in [2.24, 2.45) is 0 Å². The van der Waals surface area contributed by atoms with E-state index in [1.165, 1.54) is 0 Å². The van der Waals surface area contributed by atoms with Gasteiger partial charge in [-0.1, -0.05) is 60.7 Å². The lowest BCUT2D eigenvalue weighted by atomic mass is 9.98. The van der Waals surface area contributed by atoms with Crippen LogP contribution in [-0.2, 0) is 35.2 Å². The molecule has 0 atom stereocenters. The van der Waals surface area contributed by atoms with Crippen molar-refractivity contribution >= 4 is 24.6 Å². The number of carbonyl (C=O) groups excluding carboxylic acids is 2. The Morgan fingerprint density at radius 1 is 0.606 bits per heavy atom. The quantitative estimate of drug-likeness (QED) is 0.257. The molecule has 2 N–H and O–H groups in total. The molecule has 178 valence electrons. The largest absolute Gasteiger partial charge is 0.547 e. The Labute approximate surface area is 189 Å². The lowest BCUT2D eigenvalue weighted by Gasteiger charge is -2.26. The molecule has 11 heteroatoms. The van der Waals surface area contributed by atoms with Gasteiger partial charge in [0.2, 0.25) is 0 Å². The van der Waals surface area contributed by atoms with E-state index < -0.39 is 35.8 Å². The van der Waals surface area contributed by atoms with Crippen molar-refractivity contribution in [3.63, 3.8) is 0 Å². The normalized spacial score (nSPS) is 10.5. The van der Waals surface area contributed by atoms with E-state index in [-0.39, 0.29) is 0 Å². The number of carbonyl (C=O) groups is 4. The first kappa shape index (κ1) is 26.8. The van der Waals surface area contributed by atoms with Crippen LogP contribution in [0.2, 0.25) is 0 Å². The maximum absolute atomic E-state index is 11.9. The van der Waals surface area contributed by atoms with Gasteiger partial charge in [-0.3, -0.25) is 0 Å². The fourth-order valence-corrected chi connectivity index (χ4v) is 2.39. The molecule has 0 spiro atoms. The summed E-state index contributed by atoms with van der Waals surface area (Å²) >= 11 is 0. The van der Waals surface area contributed by atoms with Crippen molar-refractivity contribution in [1.29, 1.82) is 0 Å². The van der Waals surface area contributed by atoms with Crippen LogP contribution in [0.4, 0.5) is 19.2 Å². The molecule has 2 rings (SSSR count). The third kappa shape index (κ3) is 10.0. The molecule has 0 amide bonds. The summed E-state index contributed by atoms with van der Waals surface area (Å²) in [6, 6.07) is 18.4. The zero-order valence-electron chi connectivity index (χ0n) is 18.3. The van der Waals surface area contributed by atoms with Gasteiger partial charge < -0.3 is 24.4 Å². The number of hydrogen-bond donors (Lipinski definition) is 2. The Hall–Kier alpha value is -4.28. The summed E-state index contributed by atoms with van der Waals surface area (Å²) < 4.78 is 15.1. The van der Waals surface area contributed by atoms with E-state index in [4.69, 9.17) is 19.7 Å². The molecule has 0 fully saturated rings. The minimum absolute atomic E-state index is 0.782. The maximum Gasteiger partial charge on any atom is 0.547 e. The third-order valence-electron chi connectivity index (χ3n) is 3.97. The molecule has 2 aromatic carbocycles. The average molecular weight is 464 g/mol. The Morgan fingerprint density at radius 2 is 0.909 bits per heavy atom. The van der Waals surface area contributed by atoms with Crippen molar-refractivity contribution < 1.29 is 53.4 Å². The second-order valence-corrected chi connectivity index (χ2v) is 7.26. The first-order chi connectivity index (χ1) is 15.3. The minimum Gasteiger partial charge on any atom is -0.447 e. The van der Waals surface area contributed by atoms with Gasteiger partial charge in [-0.05, 0) is 38.8 Å². The van der Waals surface area contributed by atoms with Crippen LogP contribution >= 0.6 is 0 Å². The molecule has 0 aliphatic rings. The standard InChI is InChI=1S/C20H22O5.C2H2O6/c1-19(2,15-11-7-5-8-12-15)24-17(21)23-18(22)25-20(3,4)16-13-9-6-10-14-16;3-1(4)7-8-2(5)6/h5-14H,1-4H3;(H,3,4)(H,5,6). The molecule has 0 radical (unpaired) electrons. The predicted molar refractivity (Wildman–Crippen MR) is 111 cm³/mol. The molecule has 33 heavy (non-hydrogen) atoms. The molecule has 0 heterocycles. The zero-order valence-corrected chi connectivity index (χ0v) is 18.3. The van der Waals surface area contributed by atoms with Gasteiger partial charge in [0.1, 0.15) is 11.2 Å². The van der Waals surface area contributed by atoms with Gasteiger partial charge in [0.05, 0.1) is 0 Å². The zero-order chi connectivity index (χ0) is 25.1. The molecular weight excluding hydrogens is 440 g/mol. The first-order valence-corrected chi connectivity index (χ1v) is 9.38. The fraction of sp³-hybridized carbons (Fsp3) is 0.273. The topological polar surface area (TPSA) is 155 Å². The van der Waals surface area contributed by atoms with Crippen molar-refractivity contribution in [2.45, 2.75) is 38.9 Å². The van der Waals surface area contributed by atoms with Crippen molar-refractivity contribution in [1.82, 2.24) is 0 Å². The number of benzene rings is 2. The highest BCUT2D eigenvalue weighted by molar-refractivity contribution is 5.77. The summed E-state index contributed by atoms with van der Waals surface area (Å²) in [4.78, 5) is 48.7. The summed E-state index contributed by atoms with van der Waals surface area (Å²) in [5, 5.41) is 15.1. The lowest BCUT2D eigenvalue weighted by Crippen LogP contribution is -2.30. The summed E-state index contributed by atoms with van der Waals surface area (Å²) in [7, 11) is 0. The van der Waals surface area contributed by atoms with Crippen LogP contribution in [-0.4, -0.2) is 34.8 Å². The molecule has 0 unspecified atom stereocenters. The van der Waals surface area contributed by atoms with Crippen LogP contribution < -0.4 is 0 Å². The van der Waals surface area contributed by atoms with E-state index in [1.807, 2.05) is 60.7 Å². The molecule has 2 aromatic rings. The number of ether oxygens (including phenoxy) is 3. The highest BCUT2D eigenvalue weighted by Gasteiger charge is 2.31. The van der Waals surface area contributed by atoms with Crippen molar-refractivity contribution in [3.8, 4) is 0 Å². The second-order valence-electron chi connectivity index (χ2n) is 7.26. The molecule has 0 aliphatic carbocycles. The fourth-order valence-electron chi connectivity index (χ4n) is 2.39. The van der Waals surface area contributed by atoms with Crippen LogP contribution in [0.1, 0.15) is 38.8 Å². The molecule has 0 saturated carbocycles. The van der Waals surface area contributed by atoms with Gasteiger partial charge in [0.25, 0.3) is 0 Å². The average Bonchev–Trinajstić information content (AvgIpc) is 2.73. The molecule has 0 aliphatic heterocycles. The second kappa shape index (κ2) is 11.9. The maximum atomic E-state index is 11.9. The minimum atomic E-state index is -1.80. The monoisotopic (exact) mass is 464 g/mol. The van der Waals surface area contributed by atoms with E-state index in [2.05, 4.69) is 14.5 Å². The van der Waals surface area contributed by atoms with Crippen molar-refractivity contribution in [2.75, 3.05) is 0 Å².